The SMILES string of the molecule is CC(O)CCN(C)Cc1cccnc1NN. The summed E-state index contributed by atoms with van der Waals surface area (Å²) >= 11 is 0. The van der Waals surface area contributed by atoms with E-state index in [-0.39, 0.29) is 6.10 Å². The first kappa shape index (κ1) is 12.9. The predicted octanol–water partition coefficient (Wildman–Crippen LogP) is 0.570. The molecule has 16 heavy (non-hydrogen) atoms. The molecular weight excluding hydrogens is 204 g/mol. The predicted molar refractivity (Wildman–Crippen MR) is 64.7 cm³/mol. The molecule has 0 bridgehead atoms. The standard InChI is InChI=1S/C11H20N4O/c1-9(16)5-7-15(2)8-10-4-3-6-13-11(10)14-12/h3-4,6,9,16H,5,7-8,12H2,1-2H3,(H,13,14). The zero-order valence-corrected chi connectivity index (χ0v) is 9.85. The quantitative estimate of drug-likeness (QED) is 0.486. The second-order valence-corrected chi connectivity index (χ2v) is 4.03. The van der Waals surface area contributed by atoms with Crippen molar-refractivity contribution in [3.05, 3.63) is 23.9 Å². The van der Waals surface area contributed by atoms with Gasteiger partial charge in [-0.1, -0.05) is 6.07 Å². The summed E-state index contributed by atoms with van der Waals surface area (Å²) in [6.45, 7) is 3.40. The molecule has 0 saturated heterocycles. The highest BCUT2D eigenvalue weighted by Gasteiger charge is 2.06. The summed E-state index contributed by atoms with van der Waals surface area (Å²) in [5.41, 5.74) is 3.63. The van der Waals surface area contributed by atoms with Crippen LogP contribution in [-0.2, 0) is 6.54 Å². The van der Waals surface area contributed by atoms with E-state index in [2.05, 4.69) is 15.3 Å². The number of hydrazine groups is 1. The van der Waals surface area contributed by atoms with Crippen LogP contribution in [0.15, 0.2) is 18.3 Å². The molecule has 5 nitrogen and oxygen atoms in total. The fraction of sp³-hybridized carbons (Fsp3) is 0.545. The van der Waals surface area contributed by atoms with Crippen molar-refractivity contribution in [2.45, 2.75) is 26.0 Å². The Labute approximate surface area is 96.3 Å². The maximum absolute atomic E-state index is 9.20. The first-order valence-electron chi connectivity index (χ1n) is 5.40. The van der Waals surface area contributed by atoms with Crippen molar-refractivity contribution < 1.29 is 5.11 Å². The van der Waals surface area contributed by atoms with E-state index >= 15 is 0 Å². The number of pyridine rings is 1. The van der Waals surface area contributed by atoms with E-state index in [1.54, 1.807) is 13.1 Å². The summed E-state index contributed by atoms with van der Waals surface area (Å²) in [5.74, 6) is 6.08. The van der Waals surface area contributed by atoms with Crippen molar-refractivity contribution in [3.8, 4) is 0 Å². The van der Waals surface area contributed by atoms with Gasteiger partial charge in [-0.15, -0.1) is 0 Å². The summed E-state index contributed by atoms with van der Waals surface area (Å²) in [4.78, 5) is 6.26. The molecule has 0 aliphatic heterocycles. The minimum Gasteiger partial charge on any atom is -0.393 e. The van der Waals surface area contributed by atoms with Gasteiger partial charge in [-0.3, -0.25) is 0 Å². The Hall–Kier alpha value is -1.17. The van der Waals surface area contributed by atoms with E-state index in [1.165, 1.54) is 0 Å². The van der Waals surface area contributed by atoms with Crippen LogP contribution in [0.3, 0.4) is 0 Å². The van der Waals surface area contributed by atoms with Gasteiger partial charge in [0, 0.05) is 24.8 Å². The molecule has 1 atom stereocenters. The Balaban J connectivity index is 2.51. The van der Waals surface area contributed by atoms with E-state index in [1.807, 2.05) is 19.2 Å². The molecule has 1 heterocycles. The fourth-order valence-corrected chi connectivity index (χ4v) is 1.47. The summed E-state index contributed by atoms with van der Waals surface area (Å²) < 4.78 is 0. The molecule has 1 rings (SSSR count). The Kier molecular flexibility index (Phi) is 5.18. The number of nitrogens with zero attached hydrogens (tertiary/aromatic N) is 2. The molecule has 5 heteroatoms. The first-order valence-corrected chi connectivity index (χ1v) is 5.40. The fourth-order valence-electron chi connectivity index (χ4n) is 1.47. The minimum absolute atomic E-state index is 0.261. The van der Waals surface area contributed by atoms with Crippen LogP contribution in [0.25, 0.3) is 0 Å². The number of aromatic nitrogens is 1. The smallest absolute Gasteiger partial charge is 0.144 e. The number of rotatable bonds is 6. The number of nitrogen functional groups attached to an aromatic ring is 1. The van der Waals surface area contributed by atoms with E-state index in [9.17, 15) is 5.11 Å². The highest BCUT2D eigenvalue weighted by atomic mass is 16.3. The maximum Gasteiger partial charge on any atom is 0.144 e. The minimum atomic E-state index is -0.261. The normalized spacial score (nSPS) is 12.8. The largest absolute Gasteiger partial charge is 0.393 e. The van der Waals surface area contributed by atoms with Crippen molar-refractivity contribution in [2.24, 2.45) is 5.84 Å². The molecule has 0 aliphatic rings. The van der Waals surface area contributed by atoms with Crippen LogP contribution in [-0.4, -0.2) is 34.7 Å². The monoisotopic (exact) mass is 224 g/mol. The van der Waals surface area contributed by atoms with Gasteiger partial charge in [-0.05, 0) is 26.5 Å². The van der Waals surface area contributed by atoms with Gasteiger partial charge in [-0.2, -0.15) is 0 Å². The van der Waals surface area contributed by atoms with Gasteiger partial charge in [0.2, 0.25) is 0 Å². The lowest BCUT2D eigenvalue weighted by molar-refractivity contribution is 0.163. The molecule has 0 amide bonds. The molecule has 1 aromatic heterocycles. The molecule has 1 aromatic rings. The number of nitrogens with two attached hydrogens (primary N) is 1. The van der Waals surface area contributed by atoms with Gasteiger partial charge in [0.1, 0.15) is 5.82 Å². The van der Waals surface area contributed by atoms with E-state index in [4.69, 9.17) is 5.84 Å². The number of hydrogen-bond acceptors (Lipinski definition) is 5. The molecular formula is C11H20N4O. The summed E-state index contributed by atoms with van der Waals surface area (Å²) in [7, 11) is 2.01. The van der Waals surface area contributed by atoms with Crippen molar-refractivity contribution in [3.63, 3.8) is 0 Å². The molecule has 4 N–H and O–H groups in total. The van der Waals surface area contributed by atoms with Crippen molar-refractivity contribution in [1.29, 1.82) is 0 Å². The Bertz CT molecular complexity index is 317. The van der Waals surface area contributed by atoms with Crippen LogP contribution in [0.4, 0.5) is 5.82 Å². The molecule has 90 valence electrons. The van der Waals surface area contributed by atoms with Gasteiger partial charge in [0.05, 0.1) is 6.10 Å². The van der Waals surface area contributed by atoms with Crippen LogP contribution in [0.5, 0.6) is 0 Å². The summed E-state index contributed by atoms with van der Waals surface area (Å²) in [5, 5.41) is 9.20. The number of aliphatic hydroxyl groups excluding tert-OH is 1. The molecule has 0 fully saturated rings. The lowest BCUT2D eigenvalue weighted by Gasteiger charge is -2.18. The molecule has 1 unspecified atom stereocenters. The van der Waals surface area contributed by atoms with Crippen LogP contribution in [0, 0.1) is 0 Å². The number of nitrogens with one attached hydrogen (secondary N) is 1. The van der Waals surface area contributed by atoms with E-state index < -0.39 is 0 Å². The van der Waals surface area contributed by atoms with Gasteiger partial charge >= 0.3 is 0 Å². The van der Waals surface area contributed by atoms with Gasteiger partial charge in [0.25, 0.3) is 0 Å². The number of aliphatic hydroxyl groups is 1. The average molecular weight is 224 g/mol. The molecule has 0 saturated carbocycles. The second-order valence-electron chi connectivity index (χ2n) is 4.03. The second kappa shape index (κ2) is 6.42. The number of anilines is 1. The highest BCUT2D eigenvalue weighted by Crippen LogP contribution is 2.12. The van der Waals surface area contributed by atoms with Crippen LogP contribution < -0.4 is 11.3 Å². The topological polar surface area (TPSA) is 74.4 Å². The highest BCUT2D eigenvalue weighted by molar-refractivity contribution is 5.42. The van der Waals surface area contributed by atoms with Crippen LogP contribution in [0.2, 0.25) is 0 Å². The van der Waals surface area contributed by atoms with Gasteiger partial charge in [-0.25, -0.2) is 10.8 Å². The Morgan fingerprint density at radius 3 is 3.00 bits per heavy atom. The maximum atomic E-state index is 9.20. The average Bonchev–Trinajstić information content (AvgIpc) is 2.27. The molecule has 0 aromatic carbocycles. The Morgan fingerprint density at radius 1 is 1.62 bits per heavy atom. The third kappa shape index (κ3) is 4.14. The van der Waals surface area contributed by atoms with Crippen LogP contribution in [0.1, 0.15) is 18.9 Å². The van der Waals surface area contributed by atoms with Gasteiger partial charge < -0.3 is 15.4 Å². The molecule has 0 aliphatic carbocycles. The van der Waals surface area contributed by atoms with Crippen LogP contribution >= 0.6 is 0 Å². The third-order valence-electron chi connectivity index (χ3n) is 2.40. The zero-order valence-electron chi connectivity index (χ0n) is 9.85. The number of hydrogen-bond donors (Lipinski definition) is 3. The van der Waals surface area contributed by atoms with Crippen molar-refractivity contribution >= 4 is 5.82 Å². The van der Waals surface area contributed by atoms with Crippen molar-refractivity contribution in [2.75, 3.05) is 19.0 Å². The van der Waals surface area contributed by atoms with Gasteiger partial charge in [0.15, 0.2) is 0 Å². The lowest BCUT2D eigenvalue weighted by Crippen LogP contribution is -2.23. The van der Waals surface area contributed by atoms with E-state index in [0.29, 0.717) is 5.82 Å². The first-order chi connectivity index (χ1) is 7.63. The molecule has 0 spiro atoms. The van der Waals surface area contributed by atoms with Crippen molar-refractivity contribution in [1.82, 2.24) is 9.88 Å². The van der Waals surface area contributed by atoms with E-state index in [0.717, 1.165) is 25.1 Å². The zero-order chi connectivity index (χ0) is 12.0. The molecule has 0 radical (unpaired) electrons. The third-order valence-corrected chi connectivity index (χ3v) is 2.40. The Morgan fingerprint density at radius 2 is 2.38 bits per heavy atom. The summed E-state index contributed by atoms with van der Waals surface area (Å²) in [6, 6.07) is 3.87. The summed E-state index contributed by atoms with van der Waals surface area (Å²) in [6.07, 6.45) is 2.21. The lowest BCUT2D eigenvalue weighted by atomic mass is 10.2.